The molecule has 0 amide bonds. The second-order valence-electron chi connectivity index (χ2n) is 5.19. The molecule has 0 unspecified atom stereocenters. The molecule has 4 rings (SSSR count). The van der Waals surface area contributed by atoms with Gasteiger partial charge in [-0.05, 0) is 17.9 Å². The van der Waals surface area contributed by atoms with Gasteiger partial charge in [0.2, 0.25) is 11.7 Å². The number of fused-ring (bicyclic) bond motifs is 1. The van der Waals surface area contributed by atoms with E-state index in [-0.39, 0.29) is 12.1 Å². The van der Waals surface area contributed by atoms with Crippen molar-refractivity contribution < 1.29 is 9.63 Å². The molecule has 0 aliphatic carbocycles. The minimum atomic E-state index is -0.360. The van der Waals surface area contributed by atoms with Crippen molar-refractivity contribution in [2.24, 2.45) is 0 Å². The molecule has 3 heterocycles. The SMILES string of the molecule is O[C@@H]1CN[C@H](c2nc(-c3nccc4ccccc34)no2)C1. The van der Waals surface area contributed by atoms with Crippen LogP contribution in [0.1, 0.15) is 18.4 Å². The first-order valence-corrected chi connectivity index (χ1v) is 6.90. The fourth-order valence-corrected chi connectivity index (χ4v) is 2.68. The van der Waals surface area contributed by atoms with Crippen molar-refractivity contribution in [1.82, 2.24) is 20.4 Å². The van der Waals surface area contributed by atoms with Crippen LogP contribution in [0.4, 0.5) is 0 Å². The molecule has 106 valence electrons. The zero-order valence-corrected chi connectivity index (χ0v) is 11.2. The highest BCUT2D eigenvalue weighted by Crippen LogP contribution is 2.27. The first kappa shape index (κ1) is 12.4. The second-order valence-corrected chi connectivity index (χ2v) is 5.19. The fraction of sp³-hybridized carbons (Fsp3) is 0.267. The van der Waals surface area contributed by atoms with E-state index in [0.29, 0.717) is 30.4 Å². The van der Waals surface area contributed by atoms with E-state index in [1.54, 1.807) is 6.20 Å². The van der Waals surface area contributed by atoms with Crippen molar-refractivity contribution in [2.75, 3.05) is 6.54 Å². The molecule has 0 bridgehead atoms. The average molecular weight is 282 g/mol. The summed E-state index contributed by atoms with van der Waals surface area (Å²) in [5.74, 6) is 0.973. The maximum Gasteiger partial charge on any atom is 0.244 e. The Labute approximate surface area is 120 Å². The van der Waals surface area contributed by atoms with E-state index in [1.165, 1.54) is 0 Å². The number of rotatable bonds is 2. The molecule has 21 heavy (non-hydrogen) atoms. The molecule has 2 aromatic heterocycles. The molecule has 2 N–H and O–H groups in total. The monoisotopic (exact) mass is 282 g/mol. The number of benzene rings is 1. The molecular formula is C15H14N4O2. The van der Waals surface area contributed by atoms with E-state index < -0.39 is 0 Å². The Balaban J connectivity index is 1.74. The highest BCUT2D eigenvalue weighted by atomic mass is 16.5. The predicted octanol–water partition coefficient (Wildman–Crippen LogP) is 1.68. The summed E-state index contributed by atoms with van der Waals surface area (Å²) < 4.78 is 5.33. The van der Waals surface area contributed by atoms with E-state index >= 15 is 0 Å². The largest absolute Gasteiger partial charge is 0.392 e. The molecule has 1 saturated heterocycles. The zero-order valence-electron chi connectivity index (χ0n) is 11.2. The summed E-state index contributed by atoms with van der Waals surface area (Å²) in [4.78, 5) is 8.81. The van der Waals surface area contributed by atoms with E-state index in [0.717, 1.165) is 10.8 Å². The summed E-state index contributed by atoms with van der Waals surface area (Å²) in [5, 5.41) is 18.8. The molecule has 0 spiro atoms. The van der Waals surface area contributed by atoms with Crippen LogP contribution in [0.5, 0.6) is 0 Å². The van der Waals surface area contributed by atoms with E-state index in [1.807, 2.05) is 30.3 Å². The topological polar surface area (TPSA) is 84.1 Å². The summed E-state index contributed by atoms with van der Waals surface area (Å²) in [5.41, 5.74) is 0.710. The Morgan fingerprint density at radius 1 is 1.24 bits per heavy atom. The van der Waals surface area contributed by atoms with Gasteiger partial charge < -0.3 is 14.9 Å². The molecular weight excluding hydrogens is 268 g/mol. The number of nitrogens with zero attached hydrogens (tertiary/aromatic N) is 3. The van der Waals surface area contributed by atoms with Gasteiger partial charge in [0.15, 0.2) is 0 Å². The maximum atomic E-state index is 9.56. The maximum absolute atomic E-state index is 9.56. The summed E-state index contributed by atoms with van der Waals surface area (Å²) in [6, 6.07) is 9.83. The number of nitrogens with one attached hydrogen (secondary N) is 1. The van der Waals surface area contributed by atoms with Crippen molar-refractivity contribution in [2.45, 2.75) is 18.6 Å². The summed E-state index contributed by atoms with van der Waals surface area (Å²) in [6.45, 7) is 0.550. The normalized spacial score (nSPS) is 22.0. The van der Waals surface area contributed by atoms with E-state index in [2.05, 4.69) is 20.4 Å². The number of aliphatic hydroxyl groups excluding tert-OH is 1. The Morgan fingerprint density at radius 2 is 2.14 bits per heavy atom. The van der Waals surface area contributed by atoms with Crippen molar-refractivity contribution in [1.29, 1.82) is 0 Å². The summed E-state index contributed by atoms with van der Waals surface area (Å²) in [6.07, 6.45) is 1.97. The van der Waals surface area contributed by atoms with Crippen molar-refractivity contribution >= 4 is 10.8 Å². The Kier molecular flexibility index (Phi) is 2.90. The Morgan fingerprint density at radius 3 is 3.00 bits per heavy atom. The van der Waals surface area contributed by atoms with Gasteiger partial charge in [0, 0.05) is 18.1 Å². The average Bonchev–Trinajstić information content (AvgIpc) is 3.15. The summed E-state index contributed by atoms with van der Waals surface area (Å²) in [7, 11) is 0. The van der Waals surface area contributed by atoms with E-state index in [9.17, 15) is 5.11 Å². The molecule has 0 radical (unpaired) electrons. The number of hydrogen-bond acceptors (Lipinski definition) is 6. The van der Waals surface area contributed by atoms with Gasteiger partial charge in [0.1, 0.15) is 5.69 Å². The van der Waals surface area contributed by atoms with Crippen molar-refractivity contribution in [3.05, 3.63) is 42.4 Å². The Bertz CT molecular complexity index is 781. The number of aromatic nitrogens is 3. The van der Waals surface area contributed by atoms with Gasteiger partial charge >= 0.3 is 0 Å². The number of hydrogen-bond donors (Lipinski definition) is 2. The zero-order chi connectivity index (χ0) is 14.2. The van der Waals surface area contributed by atoms with Gasteiger partial charge in [-0.3, -0.25) is 4.98 Å². The lowest BCUT2D eigenvalue weighted by Crippen LogP contribution is -2.15. The smallest absolute Gasteiger partial charge is 0.244 e. The van der Waals surface area contributed by atoms with Gasteiger partial charge in [0.05, 0.1) is 12.1 Å². The van der Waals surface area contributed by atoms with Gasteiger partial charge in [-0.2, -0.15) is 4.98 Å². The minimum Gasteiger partial charge on any atom is -0.392 e. The molecule has 0 saturated carbocycles. The first-order valence-electron chi connectivity index (χ1n) is 6.90. The van der Waals surface area contributed by atoms with Crippen molar-refractivity contribution in [3.63, 3.8) is 0 Å². The van der Waals surface area contributed by atoms with Crippen LogP contribution in [0.3, 0.4) is 0 Å². The predicted molar refractivity (Wildman–Crippen MR) is 76.4 cm³/mol. The lowest BCUT2D eigenvalue weighted by molar-refractivity contribution is 0.191. The standard InChI is InChI=1S/C15H14N4O2/c20-10-7-12(17-8-10)15-18-14(19-21-15)13-11-4-2-1-3-9(11)5-6-16-13/h1-6,10,12,17,20H,7-8H2/t10-,12-/m0/s1. The molecule has 3 aromatic rings. The lowest BCUT2D eigenvalue weighted by atomic mass is 10.1. The van der Waals surface area contributed by atoms with Crippen LogP contribution in [0.2, 0.25) is 0 Å². The van der Waals surface area contributed by atoms with Crippen LogP contribution in [-0.2, 0) is 0 Å². The highest BCUT2D eigenvalue weighted by molar-refractivity contribution is 5.92. The molecule has 6 heteroatoms. The van der Waals surface area contributed by atoms with Crippen LogP contribution < -0.4 is 5.32 Å². The van der Waals surface area contributed by atoms with Crippen LogP contribution in [0.15, 0.2) is 41.1 Å². The van der Waals surface area contributed by atoms with Crippen LogP contribution in [0, 0.1) is 0 Å². The lowest BCUT2D eigenvalue weighted by Gasteiger charge is -2.02. The van der Waals surface area contributed by atoms with Crippen LogP contribution in [-0.4, -0.2) is 32.9 Å². The Hall–Kier alpha value is -2.31. The third kappa shape index (κ3) is 2.18. The molecule has 2 atom stereocenters. The third-order valence-corrected chi connectivity index (χ3v) is 3.73. The molecule has 1 aliphatic rings. The van der Waals surface area contributed by atoms with Gasteiger partial charge in [-0.1, -0.05) is 29.4 Å². The van der Waals surface area contributed by atoms with E-state index in [4.69, 9.17) is 4.52 Å². The van der Waals surface area contributed by atoms with Gasteiger partial charge in [-0.15, -0.1) is 0 Å². The second kappa shape index (κ2) is 4.91. The van der Waals surface area contributed by atoms with Crippen LogP contribution >= 0.6 is 0 Å². The highest BCUT2D eigenvalue weighted by Gasteiger charge is 2.28. The molecule has 1 aliphatic heterocycles. The number of aliphatic hydroxyl groups is 1. The molecule has 1 fully saturated rings. The minimum absolute atomic E-state index is 0.0868. The molecule has 6 nitrogen and oxygen atoms in total. The molecule has 1 aromatic carbocycles. The van der Waals surface area contributed by atoms with Gasteiger partial charge in [-0.25, -0.2) is 0 Å². The number of pyridine rings is 1. The fourth-order valence-electron chi connectivity index (χ4n) is 2.68. The van der Waals surface area contributed by atoms with Crippen molar-refractivity contribution in [3.8, 4) is 11.5 Å². The summed E-state index contributed by atoms with van der Waals surface area (Å²) >= 11 is 0. The van der Waals surface area contributed by atoms with Crippen LogP contribution in [0.25, 0.3) is 22.3 Å². The van der Waals surface area contributed by atoms with Gasteiger partial charge in [0.25, 0.3) is 0 Å². The first-order chi connectivity index (χ1) is 10.3. The number of β-amino-alcohol motifs (C(OH)–C–C–N with tert-alkyl or cyclic N) is 1. The quantitative estimate of drug-likeness (QED) is 0.744. The third-order valence-electron chi connectivity index (χ3n) is 3.73.